The molecule has 9 heteroatoms. The number of hydrogen-bond donors (Lipinski definition) is 1. The van der Waals surface area contributed by atoms with Gasteiger partial charge in [0.1, 0.15) is 6.04 Å². The predicted molar refractivity (Wildman–Crippen MR) is 125 cm³/mol. The van der Waals surface area contributed by atoms with Crippen LogP contribution in [0.5, 0.6) is 0 Å². The van der Waals surface area contributed by atoms with Crippen molar-refractivity contribution in [2.24, 2.45) is 29.6 Å². The molecule has 1 aliphatic heterocycles. The lowest BCUT2D eigenvalue weighted by molar-refractivity contribution is -0.162. The topological polar surface area (TPSA) is 119 Å². The summed E-state index contributed by atoms with van der Waals surface area (Å²) in [6.07, 6.45) is 3.55. The number of anilines is 1. The molecule has 5 atom stereocenters. The molecule has 2 saturated carbocycles. The average molecular weight is 485 g/mol. The number of carbonyl (C=O) groups excluding carboxylic acids is 5. The van der Waals surface area contributed by atoms with Crippen LogP contribution in [-0.2, 0) is 28.7 Å². The van der Waals surface area contributed by atoms with Crippen molar-refractivity contribution in [2.45, 2.75) is 52.5 Å². The largest absolute Gasteiger partial charge is 0.462 e. The van der Waals surface area contributed by atoms with Crippen molar-refractivity contribution in [3.8, 4) is 0 Å². The summed E-state index contributed by atoms with van der Waals surface area (Å²) in [5, 5.41) is 2.60. The minimum absolute atomic E-state index is 0.223. The van der Waals surface area contributed by atoms with Crippen LogP contribution in [0.25, 0.3) is 0 Å². The number of likely N-dealkylation sites (tertiary alicyclic amines) is 1. The molecule has 2 aliphatic carbocycles. The number of benzene rings is 1. The van der Waals surface area contributed by atoms with E-state index in [9.17, 15) is 24.0 Å². The molecule has 2 bridgehead atoms. The molecule has 0 unspecified atom stereocenters. The number of amides is 3. The number of imide groups is 1. The second kappa shape index (κ2) is 10.2. The van der Waals surface area contributed by atoms with Crippen LogP contribution in [0.2, 0.25) is 0 Å². The van der Waals surface area contributed by atoms with Gasteiger partial charge in [0.2, 0.25) is 11.8 Å². The van der Waals surface area contributed by atoms with E-state index in [-0.39, 0.29) is 41.4 Å². The number of nitrogens with zero attached hydrogens (tertiary/aromatic N) is 1. The molecule has 1 aromatic rings. The Morgan fingerprint density at radius 1 is 1.00 bits per heavy atom. The Kier molecular flexibility index (Phi) is 7.23. The molecule has 1 N–H and O–H groups in total. The average Bonchev–Trinajstić information content (AvgIpc) is 3.51. The molecule has 1 heterocycles. The zero-order valence-electron chi connectivity index (χ0n) is 20.3. The van der Waals surface area contributed by atoms with Gasteiger partial charge in [-0.3, -0.25) is 19.3 Å². The zero-order chi connectivity index (χ0) is 25.3. The highest BCUT2D eigenvalue weighted by Crippen LogP contribution is 2.56. The summed E-state index contributed by atoms with van der Waals surface area (Å²) in [4.78, 5) is 64.5. The van der Waals surface area contributed by atoms with E-state index in [0.717, 1.165) is 30.6 Å². The SMILES string of the molecule is CCCOC(=O)c1ccc(NC(=O)COC(=O)[C@H](C(C)C)N2C(=O)[C@@H]3[C@H]4CC[C@@H](C4)[C@@H]3C2=O)cc1. The van der Waals surface area contributed by atoms with Crippen molar-refractivity contribution in [3.63, 3.8) is 0 Å². The molecular weight excluding hydrogens is 452 g/mol. The Labute approximate surface area is 204 Å². The van der Waals surface area contributed by atoms with Gasteiger partial charge in [-0.25, -0.2) is 9.59 Å². The lowest BCUT2D eigenvalue weighted by Gasteiger charge is -2.28. The summed E-state index contributed by atoms with van der Waals surface area (Å²) in [6.45, 7) is 5.18. The quantitative estimate of drug-likeness (QED) is 0.423. The minimum atomic E-state index is -1.05. The van der Waals surface area contributed by atoms with E-state index in [0.29, 0.717) is 17.9 Å². The second-order valence-electron chi connectivity index (χ2n) is 9.99. The Bertz CT molecular complexity index is 991. The molecule has 35 heavy (non-hydrogen) atoms. The first-order valence-electron chi connectivity index (χ1n) is 12.3. The standard InChI is InChI=1S/C26H32N2O7/c1-4-11-34-25(32)15-7-9-18(10-8-15)27-19(29)13-35-26(33)22(14(2)3)28-23(30)20-16-5-6-17(12-16)21(20)24(28)31/h7-10,14,16-17,20-22H,4-6,11-13H2,1-3H3,(H,27,29)/t16-,17-,20-,21+,22-/m0/s1. The first-order valence-corrected chi connectivity index (χ1v) is 12.3. The fourth-order valence-electron chi connectivity index (χ4n) is 5.77. The molecule has 9 nitrogen and oxygen atoms in total. The molecule has 0 radical (unpaired) electrons. The molecule has 3 fully saturated rings. The van der Waals surface area contributed by atoms with Crippen molar-refractivity contribution in [2.75, 3.05) is 18.5 Å². The van der Waals surface area contributed by atoms with Crippen molar-refractivity contribution in [1.29, 1.82) is 0 Å². The maximum atomic E-state index is 13.1. The van der Waals surface area contributed by atoms with Gasteiger partial charge in [-0.05, 0) is 67.7 Å². The van der Waals surface area contributed by atoms with Crippen molar-refractivity contribution < 1.29 is 33.4 Å². The van der Waals surface area contributed by atoms with Gasteiger partial charge in [-0.1, -0.05) is 20.8 Å². The van der Waals surface area contributed by atoms with E-state index < -0.39 is 30.5 Å². The lowest BCUT2D eigenvalue weighted by Crippen LogP contribution is -2.50. The molecule has 3 aliphatic rings. The number of hydrogen-bond acceptors (Lipinski definition) is 7. The third-order valence-corrected chi connectivity index (χ3v) is 7.30. The first-order chi connectivity index (χ1) is 16.7. The van der Waals surface area contributed by atoms with Crippen LogP contribution < -0.4 is 5.32 Å². The number of esters is 2. The third-order valence-electron chi connectivity index (χ3n) is 7.30. The van der Waals surface area contributed by atoms with Gasteiger partial charge in [-0.2, -0.15) is 0 Å². The van der Waals surface area contributed by atoms with Crippen molar-refractivity contribution >= 4 is 35.3 Å². The van der Waals surface area contributed by atoms with Gasteiger partial charge in [0.25, 0.3) is 5.91 Å². The maximum Gasteiger partial charge on any atom is 0.338 e. The molecular formula is C26H32N2O7. The molecule has 188 valence electrons. The third kappa shape index (κ3) is 4.81. The van der Waals surface area contributed by atoms with Crippen LogP contribution in [-0.4, -0.2) is 53.8 Å². The second-order valence-corrected chi connectivity index (χ2v) is 9.99. The van der Waals surface area contributed by atoms with Gasteiger partial charge in [-0.15, -0.1) is 0 Å². The van der Waals surface area contributed by atoms with Crippen LogP contribution in [0, 0.1) is 29.6 Å². The fourth-order valence-corrected chi connectivity index (χ4v) is 5.77. The van der Waals surface area contributed by atoms with E-state index in [1.54, 1.807) is 26.0 Å². The number of fused-ring (bicyclic) bond motifs is 5. The van der Waals surface area contributed by atoms with E-state index in [2.05, 4.69) is 5.32 Å². The van der Waals surface area contributed by atoms with Crippen LogP contribution >= 0.6 is 0 Å². The summed E-state index contributed by atoms with van der Waals surface area (Å²) in [7, 11) is 0. The highest BCUT2D eigenvalue weighted by Gasteiger charge is 2.62. The predicted octanol–water partition coefficient (Wildman–Crippen LogP) is 2.79. The molecule has 1 saturated heterocycles. The minimum Gasteiger partial charge on any atom is -0.462 e. The fraction of sp³-hybridized carbons (Fsp3) is 0.577. The molecule has 3 amide bonds. The smallest absolute Gasteiger partial charge is 0.338 e. The Morgan fingerprint density at radius 3 is 2.14 bits per heavy atom. The van der Waals surface area contributed by atoms with Gasteiger partial charge in [0.15, 0.2) is 6.61 Å². The molecule has 1 aromatic carbocycles. The summed E-state index contributed by atoms with van der Waals surface area (Å²) in [6, 6.07) is 5.11. The monoisotopic (exact) mass is 484 g/mol. The maximum absolute atomic E-state index is 13.1. The summed E-state index contributed by atoms with van der Waals surface area (Å²) in [5.74, 6) is -2.87. The Morgan fingerprint density at radius 2 is 1.60 bits per heavy atom. The highest BCUT2D eigenvalue weighted by atomic mass is 16.5. The normalized spacial score (nSPS) is 25.5. The Hall–Kier alpha value is -3.23. The lowest BCUT2D eigenvalue weighted by atomic mass is 9.81. The number of nitrogens with one attached hydrogen (secondary N) is 1. The van der Waals surface area contributed by atoms with Gasteiger partial charge in [0, 0.05) is 5.69 Å². The first kappa shape index (κ1) is 24.9. The summed E-state index contributed by atoms with van der Waals surface area (Å²) < 4.78 is 10.3. The number of carbonyl (C=O) groups is 5. The van der Waals surface area contributed by atoms with Gasteiger partial charge in [0.05, 0.1) is 24.0 Å². The van der Waals surface area contributed by atoms with Crippen molar-refractivity contribution in [1.82, 2.24) is 4.90 Å². The van der Waals surface area contributed by atoms with Crippen LogP contribution in [0.15, 0.2) is 24.3 Å². The van der Waals surface area contributed by atoms with Crippen LogP contribution in [0.1, 0.15) is 56.8 Å². The molecule has 0 aromatic heterocycles. The van der Waals surface area contributed by atoms with E-state index in [1.165, 1.54) is 12.1 Å². The zero-order valence-corrected chi connectivity index (χ0v) is 20.3. The van der Waals surface area contributed by atoms with E-state index in [4.69, 9.17) is 9.47 Å². The van der Waals surface area contributed by atoms with Crippen LogP contribution in [0.4, 0.5) is 5.69 Å². The van der Waals surface area contributed by atoms with Crippen LogP contribution in [0.3, 0.4) is 0 Å². The molecule has 0 spiro atoms. The molecule has 4 rings (SSSR count). The van der Waals surface area contributed by atoms with E-state index in [1.807, 2.05) is 6.92 Å². The van der Waals surface area contributed by atoms with Gasteiger partial charge < -0.3 is 14.8 Å². The Balaban J connectivity index is 1.34. The van der Waals surface area contributed by atoms with Crippen molar-refractivity contribution in [3.05, 3.63) is 29.8 Å². The number of rotatable bonds is 9. The summed E-state index contributed by atoms with van der Waals surface area (Å²) in [5.41, 5.74) is 0.785. The highest BCUT2D eigenvalue weighted by molar-refractivity contribution is 6.08. The summed E-state index contributed by atoms with van der Waals surface area (Å²) >= 11 is 0. The van der Waals surface area contributed by atoms with E-state index >= 15 is 0 Å². The number of ether oxygens (including phenoxy) is 2. The van der Waals surface area contributed by atoms with Gasteiger partial charge >= 0.3 is 11.9 Å².